The summed E-state index contributed by atoms with van der Waals surface area (Å²) in [6.45, 7) is 3.70. The molecule has 6 heteroatoms. The summed E-state index contributed by atoms with van der Waals surface area (Å²) in [6, 6.07) is 3.41. The number of rotatable bonds is 2. The zero-order valence-corrected chi connectivity index (χ0v) is 9.94. The quantitative estimate of drug-likeness (QED) is 0.795. The lowest BCUT2D eigenvalue weighted by Crippen LogP contribution is -2.51. The molecule has 1 fully saturated rings. The minimum absolute atomic E-state index is 0.195. The van der Waals surface area contributed by atoms with Gasteiger partial charge in [-0.25, -0.2) is 8.42 Å². The average Bonchev–Trinajstić information content (AvgIpc) is 2.30. The molecule has 0 bridgehead atoms. The van der Waals surface area contributed by atoms with E-state index in [1.165, 1.54) is 10.5 Å². The second-order valence-corrected chi connectivity index (χ2v) is 5.84. The summed E-state index contributed by atoms with van der Waals surface area (Å²) in [5.74, 6) is 0. The monoisotopic (exact) mass is 241 g/mol. The van der Waals surface area contributed by atoms with Crippen molar-refractivity contribution in [3.8, 4) is 0 Å². The molecule has 0 aliphatic carbocycles. The van der Waals surface area contributed by atoms with E-state index in [1.807, 2.05) is 6.92 Å². The van der Waals surface area contributed by atoms with Gasteiger partial charge in [-0.05, 0) is 19.1 Å². The van der Waals surface area contributed by atoms with E-state index < -0.39 is 10.0 Å². The van der Waals surface area contributed by atoms with Crippen molar-refractivity contribution in [1.29, 1.82) is 0 Å². The van der Waals surface area contributed by atoms with Crippen LogP contribution in [-0.2, 0) is 10.0 Å². The maximum absolute atomic E-state index is 12.2. The molecule has 1 N–H and O–H groups in total. The van der Waals surface area contributed by atoms with Crippen LogP contribution in [0, 0.1) is 0 Å². The summed E-state index contributed by atoms with van der Waals surface area (Å²) in [7, 11) is -3.36. The van der Waals surface area contributed by atoms with Gasteiger partial charge >= 0.3 is 0 Å². The van der Waals surface area contributed by atoms with Crippen molar-refractivity contribution in [2.24, 2.45) is 0 Å². The molecule has 1 atom stereocenters. The number of nitrogens with zero attached hydrogens (tertiary/aromatic N) is 2. The van der Waals surface area contributed by atoms with Crippen LogP contribution in [0.25, 0.3) is 0 Å². The molecule has 0 amide bonds. The number of hydrogen-bond donors (Lipinski definition) is 1. The van der Waals surface area contributed by atoms with Crippen LogP contribution in [0.2, 0.25) is 0 Å². The number of nitrogens with one attached hydrogen (secondary N) is 1. The first-order chi connectivity index (χ1) is 7.60. The lowest BCUT2D eigenvalue weighted by Gasteiger charge is -2.30. The van der Waals surface area contributed by atoms with Gasteiger partial charge in [0.2, 0.25) is 10.0 Å². The van der Waals surface area contributed by atoms with E-state index in [2.05, 4.69) is 10.3 Å². The highest BCUT2D eigenvalue weighted by Gasteiger charge is 2.28. The Kier molecular flexibility index (Phi) is 3.22. The molecular formula is C10H15N3O2S. The minimum atomic E-state index is -3.36. The Morgan fingerprint density at radius 1 is 1.56 bits per heavy atom. The lowest BCUT2D eigenvalue weighted by molar-refractivity contribution is 0.310. The fourth-order valence-corrected chi connectivity index (χ4v) is 3.26. The highest BCUT2D eigenvalue weighted by molar-refractivity contribution is 7.89. The van der Waals surface area contributed by atoms with E-state index in [9.17, 15) is 8.42 Å². The Morgan fingerprint density at radius 3 is 3.00 bits per heavy atom. The molecule has 1 aromatic heterocycles. The number of piperazine rings is 1. The normalized spacial score (nSPS) is 23.2. The summed E-state index contributed by atoms with van der Waals surface area (Å²) in [5.41, 5.74) is 0. The Labute approximate surface area is 95.5 Å². The highest BCUT2D eigenvalue weighted by atomic mass is 32.2. The molecule has 1 aromatic rings. The van der Waals surface area contributed by atoms with Gasteiger partial charge in [0.25, 0.3) is 0 Å². The maximum Gasteiger partial charge on any atom is 0.244 e. The molecule has 88 valence electrons. The molecular weight excluding hydrogens is 226 g/mol. The van der Waals surface area contributed by atoms with Crippen molar-refractivity contribution in [3.63, 3.8) is 0 Å². The van der Waals surface area contributed by atoms with Crippen LogP contribution in [0.15, 0.2) is 29.4 Å². The van der Waals surface area contributed by atoms with Crippen LogP contribution in [0.1, 0.15) is 6.92 Å². The second-order valence-electron chi connectivity index (χ2n) is 3.91. The molecule has 1 aliphatic heterocycles. The second kappa shape index (κ2) is 4.48. The van der Waals surface area contributed by atoms with Crippen LogP contribution in [-0.4, -0.2) is 43.4 Å². The Bertz CT molecular complexity index is 446. The lowest BCUT2D eigenvalue weighted by atomic mass is 10.3. The third-order valence-electron chi connectivity index (χ3n) is 2.60. The maximum atomic E-state index is 12.2. The van der Waals surface area contributed by atoms with E-state index in [0.29, 0.717) is 19.6 Å². The van der Waals surface area contributed by atoms with E-state index in [0.717, 1.165) is 0 Å². The molecule has 2 rings (SSSR count). The van der Waals surface area contributed by atoms with E-state index in [-0.39, 0.29) is 10.9 Å². The third kappa shape index (κ3) is 2.23. The summed E-state index contributed by atoms with van der Waals surface area (Å²) in [6.07, 6.45) is 2.96. The van der Waals surface area contributed by atoms with Gasteiger partial charge in [0.1, 0.15) is 4.90 Å². The first-order valence-electron chi connectivity index (χ1n) is 5.24. The van der Waals surface area contributed by atoms with Crippen molar-refractivity contribution >= 4 is 10.0 Å². The van der Waals surface area contributed by atoms with Crippen molar-refractivity contribution in [3.05, 3.63) is 24.5 Å². The van der Waals surface area contributed by atoms with E-state index in [4.69, 9.17) is 0 Å². The fraction of sp³-hybridized carbons (Fsp3) is 0.500. The number of sulfonamides is 1. The van der Waals surface area contributed by atoms with Crippen LogP contribution in [0.3, 0.4) is 0 Å². The van der Waals surface area contributed by atoms with Gasteiger partial charge in [-0.3, -0.25) is 4.98 Å². The number of aromatic nitrogens is 1. The fourth-order valence-electron chi connectivity index (χ4n) is 1.76. The average molecular weight is 241 g/mol. The molecule has 0 radical (unpaired) electrons. The van der Waals surface area contributed by atoms with E-state index in [1.54, 1.807) is 18.3 Å². The zero-order valence-electron chi connectivity index (χ0n) is 9.13. The molecule has 1 aliphatic rings. The van der Waals surface area contributed by atoms with Gasteiger partial charge < -0.3 is 5.32 Å². The van der Waals surface area contributed by atoms with Gasteiger partial charge in [-0.2, -0.15) is 4.31 Å². The van der Waals surface area contributed by atoms with Gasteiger partial charge in [0.05, 0.1) is 0 Å². The Morgan fingerprint density at radius 2 is 2.38 bits per heavy atom. The first-order valence-corrected chi connectivity index (χ1v) is 6.68. The summed E-state index contributed by atoms with van der Waals surface area (Å²) in [5, 5.41) is 3.21. The molecule has 0 saturated carbocycles. The largest absolute Gasteiger partial charge is 0.312 e. The van der Waals surface area contributed by atoms with Gasteiger partial charge in [-0.15, -0.1) is 0 Å². The van der Waals surface area contributed by atoms with Crippen LogP contribution < -0.4 is 5.32 Å². The number of hydrogen-bond acceptors (Lipinski definition) is 4. The molecule has 1 saturated heterocycles. The molecule has 0 aromatic carbocycles. The van der Waals surface area contributed by atoms with E-state index >= 15 is 0 Å². The topological polar surface area (TPSA) is 62.3 Å². The van der Waals surface area contributed by atoms with Gasteiger partial charge in [-0.1, -0.05) is 0 Å². The molecule has 2 heterocycles. The molecule has 1 unspecified atom stereocenters. The van der Waals surface area contributed by atoms with Gasteiger partial charge in [0.15, 0.2) is 0 Å². The van der Waals surface area contributed by atoms with Crippen molar-refractivity contribution in [2.45, 2.75) is 17.9 Å². The van der Waals surface area contributed by atoms with Gasteiger partial charge in [0, 0.05) is 38.1 Å². The van der Waals surface area contributed by atoms with Crippen molar-refractivity contribution in [2.75, 3.05) is 19.6 Å². The van der Waals surface area contributed by atoms with Crippen molar-refractivity contribution in [1.82, 2.24) is 14.6 Å². The molecule has 5 nitrogen and oxygen atoms in total. The smallest absolute Gasteiger partial charge is 0.244 e. The summed E-state index contributed by atoms with van der Waals surface area (Å²) in [4.78, 5) is 4.11. The van der Waals surface area contributed by atoms with Crippen LogP contribution in [0.4, 0.5) is 0 Å². The zero-order chi connectivity index (χ0) is 11.6. The highest BCUT2D eigenvalue weighted by Crippen LogP contribution is 2.15. The van der Waals surface area contributed by atoms with Crippen LogP contribution >= 0.6 is 0 Å². The first kappa shape index (κ1) is 11.5. The Hall–Kier alpha value is -0.980. The third-order valence-corrected chi connectivity index (χ3v) is 4.45. The minimum Gasteiger partial charge on any atom is -0.312 e. The van der Waals surface area contributed by atoms with Crippen molar-refractivity contribution < 1.29 is 8.42 Å². The predicted octanol–water partition coefficient (Wildman–Crippen LogP) is 0.0640. The predicted molar refractivity (Wildman–Crippen MR) is 60.5 cm³/mol. The Balaban J connectivity index is 2.26. The van der Waals surface area contributed by atoms with Crippen LogP contribution in [0.5, 0.6) is 0 Å². The number of pyridine rings is 1. The molecule has 0 spiro atoms. The molecule has 16 heavy (non-hydrogen) atoms. The SMILES string of the molecule is CC1CN(S(=O)(=O)c2cccnc2)CCN1. The summed E-state index contributed by atoms with van der Waals surface area (Å²) < 4.78 is 25.9. The standard InChI is InChI=1S/C10H15N3O2S/c1-9-8-13(6-5-12-9)16(14,15)10-3-2-4-11-7-10/h2-4,7,9,12H,5-6,8H2,1H3. The summed E-state index contributed by atoms with van der Waals surface area (Å²) >= 11 is 0.